The van der Waals surface area contributed by atoms with Crippen molar-refractivity contribution in [2.75, 3.05) is 23.9 Å². The summed E-state index contributed by atoms with van der Waals surface area (Å²) in [5.41, 5.74) is 2.13. The van der Waals surface area contributed by atoms with Crippen molar-refractivity contribution in [2.24, 2.45) is 11.8 Å². The number of nitrogens with zero attached hydrogens (tertiary/aromatic N) is 3. The number of nitrogens with two attached hydrogens (primary N) is 1. The number of nitrogen functional groups attached to an aromatic ring is 1. The summed E-state index contributed by atoms with van der Waals surface area (Å²) in [7, 11) is 1.71. The van der Waals surface area contributed by atoms with Crippen LogP contribution in [-0.4, -0.2) is 23.6 Å². The summed E-state index contributed by atoms with van der Waals surface area (Å²) in [4.78, 5) is 8.52. The van der Waals surface area contributed by atoms with Crippen LogP contribution in [0.25, 0.3) is 0 Å². The van der Waals surface area contributed by atoms with Crippen molar-refractivity contribution in [2.45, 2.75) is 19.0 Å². The van der Waals surface area contributed by atoms with Gasteiger partial charge in [0.15, 0.2) is 0 Å². The zero-order chi connectivity index (χ0) is 13.3. The van der Waals surface area contributed by atoms with Gasteiger partial charge in [-0.05, 0) is 18.8 Å². The molecule has 1 aliphatic carbocycles. The Morgan fingerprint density at radius 2 is 2.11 bits per heavy atom. The van der Waals surface area contributed by atoms with Crippen LogP contribution in [0.1, 0.15) is 18.7 Å². The third-order valence-electron chi connectivity index (χ3n) is 2.73. The Labute approximate surface area is 102 Å². The lowest BCUT2D eigenvalue weighted by atomic mass is 10.3. The van der Waals surface area contributed by atoms with Gasteiger partial charge >= 0.3 is 6.18 Å². The van der Waals surface area contributed by atoms with Gasteiger partial charge in [-0.25, -0.2) is 15.8 Å². The van der Waals surface area contributed by atoms with Crippen LogP contribution >= 0.6 is 0 Å². The van der Waals surface area contributed by atoms with Gasteiger partial charge in [0.25, 0.3) is 0 Å². The van der Waals surface area contributed by atoms with Gasteiger partial charge in [0.1, 0.15) is 11.6 Å². The number of hydrazine groups is 1. The van der Waals surface area contributed by atoms with Crippen molar-refractivity contribution in [1.82, 2.24) is 9.97 Å². The smallest absolute Gasteiger partial charge is 0.359 e. The van der Waals surface area contributed by atoms with Crippen LogP contribution in [0.2, 0.25) is 0 Å². The zero-order valence-electron chi connectivity index (χ0n) is 9.83. The van der Waals surface area contributed by atoms with E-state index in [0.29, 0.717) is 12.5 Å². The highest BCUT2D eigenvalue weighted by molar-refractivity contribution is 5.48. The quantitative estimate of drug-likeness (QED) is 0.637. The summed E-state index contributed by atoms with van der Waals surface area (Å²) in [5, 5.41) is 0. The molecule has 100 valence electrons. The number of nitrogens with one attached hydrogen (secondary N) is 1. The molecule has 0 amide bonds. The van der Waals surface area contributed by atoms with Gasteiger partial charge in [-0.2, -0.15) is 13.2 Å². The van der Waals surface area contributed by atoms with E-state index in [1.807, 2.05) is 0 Å². The zero-order valence-corrected chi connectivity index (χ0v) is 9.83. The predicted molar refractivity (Wildman–Crippen MR) is 60.8 cm³/mol. The first kappa shape index (κ1) is 12.9. The number of hydrogen-bond donors (Lipinski definition) is 2. The first-order valence-corrected chi connectivity index (χ1v) is 5.54. The molecule has 3 N–H and O–H groups in total. The first-order valence-electron chi connectivity index (χ1n) is 5.54. The number of halogens is 3. The molecule has 1 fully saturated rings. The molecule has 1 aromatic heterocycles. The van der Waals surface area contributed by atoms with E-state index in [4.69, 9.17) is 5.84 Å². The molecule has 1 heterocycles. The molecule has 0 atom stereocenters. The molecule has 0 aliphatic heterocycles. The average Bonchev–Trinajstić information content (AvgIpc) is 3.11. The molecule has 1 aliphatic rings. The summed E-state index contributed by atoms with van der Waals surface area (Å²) in [6.45, 7) is 0.693. The third-order valence-corrected chi connectivity index (χ3v) is 2.73. The molecular weight excluding hydrogens is 247 g/mol. The molecule has 0 unspecified atom stereocenters. The Balaban J connectivity index is 2.27. The maximum atomic E-state index is 12.6. The van der Waals surface area contributed by atoms with E-state index in [1.54, 1.807) is 11.9 Å². The van der Waals surface area contributed by atoms with Gasteiger partial charge < -0.3 is 10.3 Å². The van der Waals surface area contributed by atoms with E-state index in [2.05, 4.69) is 15.4 Å². The minimum Gasteiger partial charge on any atom is -0.359 e. The van der Waals surface area contributed by atoms with Crippen molar-refractivity contribution in [3.8, 4) is 0 Å². The lowest BCUT2D eigenvalue weighted by Crippen LogP contribution is -2.24. The molecule has 0 bridgehead atoms. The van der Waals surface area contributed by atoms with Crippen molar-refractivity contribution >= 4 is 11.6 Å². The molecule has 0 spiro atoms. The number of alkyl halides is 3. The molecule has 0 aromatic carbocycles. The topological polar surface area (TPSA) is 67.1 Å². The molecule has 1 saturated carbocycles. The minimum absolute atomic E-state index is 0.0463. The normalized spacial score (nSPS) is 15.6. The second kappa shape index (κ2) is 4.60. The van der Waals surface area contributed by atoms with E-state index < -0.39 is 12.0 Å². The van der Waals surface area contributed by atoms with E-state index in [9.17, 15) is 13.2 Å². The maximum Gasteiger partial charge on any atom is 0.451 e. The van der Waals surface area contributed by atoms with E-state index >= 15 is 0 Å². The summed E-state index contributed by atoms with van der Waals surface area (Å²) in [6, 6.07) is 1.40. The summed E-state index contributed by atoms with van der Waals surface area (Å²) in [5.74, 6) is 4.66. The average molecular weight is 261 g/mol. The predicted octanol–water partition coefficient (Wildman–Crippen LogP) is 1.63. The molecule has 2 rings (SSSR count). The molecule has 1 aromatic rings. The SMILES string of the molecule is CN(CC1CC1)c1cc(NN)nc(C(F)(F)F)n1. The van der Waals surface area contributed by atoms with Gasteiger partial charge in [0.2, 0.25) is 5.82 Å². The van der Waals surface area contributed by atoms with Crippen LogP contribution in [0.15, 0.2) is 6.07 Å². The number of rotatable bonds is 4. The lowest BCUT2D eigenvalue weighted by molar-refractivity contribution is -0.144. The standard InChI is InChI=1S/C10H14F3N5/c1-18(5-6-2-3-6)8-4-7(17-14)15-9(16-8)10(11,12)13/h4,6H,2-3,5,14H2,1H3,(H,15,16,17). The molecule has 0 radical (unpaired) electrons. The van der Waals surface area contributed by atoms with Crippen molar-refractivity contribution < 1.29 is 13.2 Å². The Kier molecular flexibility index (Phi) is 3.29. The van der Waals surface area contributed by atoms with E-state index in [0.717, 1.165) is 12.8 Å². The van der Waals surface area contributed by atoms with Gasteiger partial charge in [-0.3, -0.25) is 0 Å². The summed E-state index contributed by atoms with van der Waals surface area (Å²) >= 11 is 0. The highest BCUT2D eigenvalue weighted by Crippen LogP contribution is 2.32. The van der Waals surface area contributed by atoms with Crippen molar-refractivity contribution in [3.63, 3.8) is 0 Å². The molecular formula is C10H14F3N5. The number of hydrogen-bond acceptors (Lipinski definition) is 5. The second-order valence-electron chi connectivity index (χ2n) is 4.40. The van der Waals surface area contributed by atoms with Crippen molar-refractivity contribution in [1.29, 1.82) is 0 Å². The molecule has 8 heteroatoms. The van der Waals surface area contributed by atoms with E-state index in [1.165, 1.54) is 6.07 Å². The van der Waals surface area contributed by atoms with Gasteiger partial charge in [-0.1, -0.05) is 0 Å². The van der Waals surface area contributed by atoms with E-state index in [-0.39, 0.29) is 11.6 Å². The maximum absolute atomic E-state index is 12.6. The Bertz CT molecular complexity index is 430. The Morgan fingerprint density at radius 1 is 1.44 bits per heavy atom. The van der Waals surface area contributed by atoms with Crippen LogP contribution in [-0.2, 0) is 6.18 Å². The lowest BCUT2D eigenvalue weighted by Gasteiger charge is -2.19. The van der Waals surface area contributed by atoms with Crippen LogP contribution < -0.4 is 16.2 Å². The van der Waals surface area contributed by atoms with Gasteiger partial charge in [0, 0.05) is 19.7 Å². The highest BCUT2D eigenvalue weighted by Gasteiger charge is 2.36. The van der Waals surface area contributed by atoms with Crippen LogP contribution in [0, 0.1) is 5.92 Å². The van der Waals surface area contributed by atoms with Gasteiger partial charge in [-0.15, -0.1) is 0 Å². The highest BCUT2D eigenvalue weighted by atomic mass is 19.4. The van der Waals surface area contributed by atoms with Crippen molar-refractivity contribution in [3.05, 3.63) is 11.9 Å². The molecule has 0 saturated heterocycles. The monoisotopic (exact) mass is 261 g/mol. The van der Waals surface area contributed by atoms with Gasteiger partial charge in [0.05, 0.1) is 0 Å². The van der Waals surface area contributed by atoms with Crippen LogP contribution in [0.5, 0.6) is 0 Å². The van der Waals surface area contributed by atoms with Crippen LogP contribution in [0.3, 0.4) is 0 Å². The fraction of sp³-hybridized carbons (Fsp3) is 0.600. The number of aromatic nitrogens is 2. The largest absolute Gasteiger partial charge is 0.451 e. The third kappa shape index (κ3) is 3.00. The Morgan fingerprint density at radius 3 is 2.61 bits per heavy atom. The molecule has 5 nitrogen and oxygen atoms in total. The van der Waals surface area contributed by atoms with Crippen LogP contribution in [0.4, 0.5) is 24.8 Å². The fourth-order valence-corrected chi connectivity index (χ4v) is 1.61. The first-order chi connectivity index (χ1) is 8.40. The minimum atomic E-state index is -4.58. The summed E-state index contributed by atoms with van der Waals surface area (Å²) in [6.07, 6.45) is -2.35. The fourth-order valence-electron chi connectivity index (χ4n) is 1.61. The summed E-state index contributed by atoms with van der Waals surface area (Å²) < 4.78 is 37.8. The molecule has 18 heavy (non-hydrogen) atoms. The number of anilines is 2. The second-order valence-corrected chi connectivity index (χ2v) is 4.40. The Hall–Kier alpha value is -1.57.